The van der Waals surface area contributed by atoms with E-state index in [1.54, 1.807) is 34.9 Å². The summed E-state index contributed by atoms with van der Waals surface area (Å²) < 4.78 is 1.60. The summed E-state index contributed by atoms with van der Waals surface area (Å²) in [5.74, 6) is 0.693. The average molecular weight is 472 g/mol. The molecular formula is C28H33N5O2. The van der Waals surface area contributed by atoms with Gasteiger partial charge in [0.2, 0.25) is 5.91 Å². The first-order valence-electron chi connectivity index (χ1n) is 12.4. The van der Waals surface area contributed by atoms with Gasteiger partial charge >= 0.3 is 0 Å². The molecule has 1 unspecified atom stereocenters. The van der Waals surface area contributed by atoms with Crippen molar-refractivity contribution >= 4 is 16.8 Å². The lowest BCUT2D eigenvalue weighted by molar-refractivity contribution is -0.139. The summed E-state index contributed by atoms with van der Waals surface area (Å²) >= 11 is 0. The van der Waals surface area contributed by atoms with E-state index in [1.165, 1.54) is 6.42 Å². The smallest absolute Gasteiger partial charge is 0.266 e. The molecule has 1 aliphatic rings. The van der Waals surface area contributed by atoms with Gasteiger partial charge in [0.1, 0.15) is 5.82 Å². The SMILES string of the molecule is CC(c1nc2ccccc2c(=O)n1-c1ccc(C#N)cc1)N(CCN(C)C)C(=O)C1CCCCC1. The molecule has 1 atom stereocenters. The summed E-state index contributed by atoms with van der Waals surface area (Å²) in [7, 11) is 3.99. The molecule has 1 heterocycles. The predicted molar refractivity (Wildman–Crippen MR) is 137 cm³/mol. The maximum Gasteiger partial charge on any atom is 0.266 e. The first-order chi connectivity index (χ1) is 16.9. The molecule has 0 radical (unpaired) electrons. The zero-order valence-electron chi connectivity index (χ0n) is 20.8. The second-order valence-corrected chi connectivity index (χ2v) is 9.63. The largest absolute Gasteiger partial charge is 0.331 e. The summed E-state index contributed by atoms with van der Waals surface area (Å²) in [6, 6.07) is 15.9. The number of carbonyl (C=O) groups excluding carboxylic acids is 1. The van der Waals surface area contributed by atoms with Gasteiger partial charge in [0.15, 0.2) is 0 Å². The zero-order chi connectivity index (χ0) is 24.9. The molecule has 1 amide bonds. The van der Waals surface area contributed by atoms with Crippen LogP contribution in [0.1, 0.15) is 56.5 Å². The Morgan fingerprint density at radius 1 is 1.09 bits per heavy atom. The van der Waals surface area contributed by atoms with Gasteiger partial charge in [-0.1, -0.05) is 31.4 Å². The zero-order valence-corrected chi connectivity index (χ0v) is 20.8. The number of hydrogen-bond acceptors (Lipinski definition) is 5. The van der Waals surface area contributed by atoms with Gasteiger partial charge in [-0.25, -0.2) is 4.98 Å². The lowest BCUT2D eigenvalue weighted by Gasteiger charge is -2.35. The number of likely N-dealkylation sites (N-methyl/N-ethyl adjacent to an activating group) is 1. The van der Waals surface area contributed by atoms with E-state index in [0.29, 0.717) is 34.5 Å². The first-order valence-corrected chi connectivity index (χ1v) is 12.4. The first kappa shape index (κ1) is 24.6. The second-order valence-electron chi connectivity index (χ2n) is 9.63. The monoisotopic (exact) mass is 471 g/mol. The van der Waals surface area contributed by atoms with Crippen molar-refractivity contribution in [3.05, 3.63) is 70.3 Å². The maximum absolute atomic E-state index is 13.8. The molecule has 7 heteroatoms. The number of rotatable bonds is 7. The van der Waals surface area contributed by atoms with E-state index in [2.05, 4.69) is 11.0 Å². The van der Waals surface area contributed by atoms with Gasteiger partial charge in [-0.3, -0.25) is 14.2 Å². The minimum absolute atomic E-state index is 0.0175. The van der Waals surface area contributed by atoms with Gasteiger partial charge in [-0.15, -0.1) is 0 Å². The van der Waals surface area contributed by atoms with Crippen molar-refractivity contribution in [3.63, 3.8) is 0 Å². The second kappa shape index (κ2) is 10.8. The number of benzene rings is 2. The van der Waals surface area contributed by atoms with Crippen LogP contribution < -0.4 is 5.56 Å². The summed E-state index contributed by atoms with van der Waals surface area (Å²) in [5.41, 5.74) is 1.58. The van der Waals surface area contributed by atoms with Gasteiger partial charge in [0.25, 0.3) is 5.56 Å². The van der Waals surface area contributed by atoms with Crippen LogP contribution in [0.15, 0.2) is 53.3 Å². The van der Waals surface area contributed by atoms with E-state index in [1.807, 2.05) is 44.1 Å². The molecule has 0 spiro atoms. The summed E-state index contributed by atoms with van der Waals surface area (Å²) in [6.07, 6.45) is 5.17. The van der Waals surface area contributed by atoms with Gasteiger partial charge in [0, 0.05) is 19.0 Å². The molecule has 0 saturated heterocycles. The van der Waals surface area contributed by atoms with Crippen LogP contribution in [0, 0.1) is 17.2 Å². The van der Waals surface area contributed by atoms with E-state index < -0.39 is 6.04 Å². The van der Waals surface area contributed by atoms with Crippen LogP contribution in [-0.2, 0) is 4.79 Å². The molecule has 7 nitrogen and oxygen atoms in total. The molecule has 1 aromatic heterocycles. The number of aromatic nitrogens is 2. The lowest BCUT2D eigenvalue weighted by atomic mass is 9.88. The van der Waals surface area contributed by atoms with Crippen molar-refractivity contribution in [2.75, 3.05) is 27.2 Å². The standard InChI is InChI=1S/C28H33N5O2/c1-20(32(18-17-31(2)3)27(34)22-9-5-4-6-10-22)26-30-25-12-8-7-11-24(25)28(35)33(26)23-15-13-21(19-29)14-16-23/h7-8,11-16,20,22H,4-6,9-10,17-18H2,1-3H3. The molecule has 1 aliphatic carbocycles. The number of nitriles is 1. The Balaban J connectivity index is 1.84. The van der Waals surface area contributed by atoms with Crippen molar-refractivity contribution in [1.82, 2.24) is 19.4 Å². The van der Waals surface area contributed by atoms with Crippen LogP contribution >= 0.6 is 0 Å². The van der Waals surface area contributed by atoms with Gasteiger partial charge in [0.05, 0.1) is 34.3 Å². The van der Waals surface area contributed by atoms with E-state index in [-0.39, 0.29) is 17.4 Å². The molecule has 2 aromatic carbocycles. The molecule has 1 fully saturated rings. The third-order valence-electron chi connectivity index (χ3n) is 6.92. The highest BCUT2D eigenvalue weighted by Gasteiger charge is 2.32. The molecule has 0 aliphatic heterocycles. The number of carbonyl (C=O) groups is 1. The van der Waals surface area contributed by atoms with Gasteiger partial charge < -0.3 is 9.80 Å². The molecule has 0 N–H and O–H groups in total. The van der Waals surface area contributed by atoms with Gasteiger partial charge in [-0.05, 0) is 70.3 Å². The van der Waals surface area contributed by atoms with Crippen LogP contribution in [0.4, 0.5) is 0 Å². The van der Waals surface area contributed by atoms with Crippen LogP contribution in [-0.4, -0.2) is 52.4 Å². The number of amides is 1. The fraction of sp³-hybridized carbons (Fsp3) is 0.429. The molecule has 1 saturated carbocycles. The normalized spacial score (nSPS) is 15.2. The van der Waals surface area contributed by atoms with E-state index in [0.717, 1.165) is 32.2 Å². The maximum atomic E-state index is 13.8. The number of hydrogen-bond donors (Lipinski definition) is 0. The van der Waals surface area contributed by atoms with E-state index in [4.69, 9.17) is 4.98 Å². The summed E-state index contributed by atoms with van der Waals surface area (Å²) in [5, 5.41) is 9.74. The molecule has 4 rings (SSSR count). The third kappa shape index (κ3) is 5.28. The Bertz CT molecular complexity index is 1280. The number of fused-ring (bicyclic) bond motifs is 1. The lowest BCUT2D eigenvalue weighted by Crippen LogP contribution is -2.44. The summed E-state index contributed by atoms with van der Waals surface area (Å²) in [4.78, 5) is 36.4. The minimum Gasteiger partial charge on any atom is -0.331 e. The Morgan fingerprint density at radius 3 is 2.43 bits per heavy atom. The Kier molecular flexibility index (Phi) is 7.62. The molecule has 182 valence electrons. The highest BCUT2D eigenvalue weighted by atomic mass is 16.2. The van der Waals surface area contributed by atoms with E-state index >= 15 is 0 Å². The minimum atomic E-state index is -0.405. The molecule has 0 bridgehead atoms. The van der Waals surface area contributed by atoms with E-state index in [9.17, 15) is 14.9 Å². The highest BCUT2D eigenvalue weighted by Crippen LogP contribution is 2.30. The van der Waals surface area contributed by atoms with Gasteiger partial charge in [-0.2, -0.15) is 5.26 Å². The molecule has 3 aromatic rings. The van der Waals surface area contributed by atoms with Crippen molar-refractivity contribution in [3.8, 4) is 11.8 Å². The number of para-hydroxylation sites is 1. The Hall–Kier alpha value is -3.50. The van der Waals surface area contributed by atoms with Crippen molar-refractivity contribution in [2.24, 2.45) is 5.92 Å². The predicted octanol–water partition coefficient (Wildman–Crippen LogP) is 4.29. The molecular weight excluding hydrogens is 438 g/mol. The average Bonchev–Trinajstić information content (AvgIpc) is 2.89. The topological polar surface area (TPSA) is 82.2 Å². The molecule has 35 heavy (non-hydrogen) atoms. The van der Waals surface area contributed by atoms with Crippen LogP contribution in [0.2, 0.25) is 0 Å². The quantitative estimate of drug-likeness (QED) is 0.513. The van der Waals surface area contributed by atoms with Crippen LogP contribution in [0.3, 0.4) is 0 Å². The van der Waals surface area contributed by atoms with Crippen molar-refractivity contribution in [1.29, 1.82) is 5.26 Å². The van der Waals surface area contributed by atoms with Crippen LogP contribution in [0.25, 0.3) is 16.6 Å². The number of nitrogens with zero attached hydrogens (tertiary/aromatic N) is 5. The van der Waals surface area contributed by atoms with Crippen molar-refractivity contribution < 1.29 is 4.79 Å². The Labute approximate surface area is 206 Å². The van der Waals surface area contributed by atoms with Crippen molar-refractivity contribution in [2.45, 2.75) is 45.1 Å². The Morgan fingerprint density at radius 2 is 1.77 bits per heavy atom. The van der Waals surface area contributed by atoms with Crippen LogP contribution in [0.5, 0.6) is 0 Å². The fourth-order valence-corrected chi connectivity index (χ4v) is 4.89. The highest BCUT2D eigenvalue weighted by molar-refractivity contribution is 5.80. The fourth-order valence-electron chi connectivity index (χ4n) is 4.89. The summed E-state index contributed by atoms with van der Waals surface area (Å²) in [6.45, 7) is 3.24. The third-order valence-corrected chi connectivity index (χ3v) is 6.92.